The normalized spacial score (nSPS) is 10.8. The van der Waals surface area contributed by atoms with Gasteiger partial charge < -0.3 is 20.1 Å². The van der Waals surface area contributed by atoms with Gasteiger partial charge in [-0.1, -0.05) is 24.3 Å². The van der Waals surface area contributed by atoms with Crippen molar-refractivity contribution in [3.63, 3.8) is 0 Å². The van der Waals surface area contributed by atoms with Gasteiger partial charge in [-0.05, 0) is 35.2 Å². The maximum atomic E-state index is 8.95. The lowest BCUT2D eigenvalue weighted by molar-refractivity contribution is 0.424. The summed E-state index contributed by atoms with van der Waals surface area (Å²) in [6.45, 7) is 0. The first-order valence-electron chi connectivity index (χ1n) is 5.90. The van der Waals surface area contributed by atoms with E-state index >= 15 is 0 Å². The van der Waals surface area contributed by atoms with Crippen molar-refractivity contribution in [2.45, 2.75) is 0 Å². The standard InChI is InChI=1S/C12H12B2N2O4/c17-13(18)9-1-5-11(6-2-9)15-16-12-7-3-10(4-8-12)14(19)20/h1-8,17-20H. The van der Waals surface area contributed by atoms with Crippen LogP contribution in [0.1, 0.15) is 0 Å². The lowest BCUT2D eigenvalue weighted by Crippen LogP contribution is -2.29. The van der Waals surface area contributed by atoms with Crippen molar-refractivity contribution in [2.75, 3.05) is 0 Å². The van der Waals surface area contributed by atoms with E-state index in [1.165, 1.54) is 0 Å². The number of hydrogen-bond donors (Lipinski definition) is 4. The van der Waals surface area contributed by atoms with Crippen LogP contribution in [0.3, 0.4) is 0 Å². The van der Waals surface area contributed by atoms with Crippen molar-refractivity contribution < 1.29 is 20.1 Å². The van der Waals surface area contributed by atoms with E-state index in [0.29, 0.717) is 22.3 Å². The van der Waals surface area contributed by atoms with Crippen molar-refractivity contribution in [3.8, 4) is 0 Å². The fraction of sp³-hybridized carbons (Fsp3) is 0. The Balaban J connectivity index is 2.08. The van der Waals surface area contributed by atoms with Crippen LogP contribution in [0.15, 0.2) is 58.8 Å². The minimum absolute atomic E-state index is 0.380. The number of benzene rings is 2. The molecule has 0 amide bonds. The molecule has 0 bridgehead atoms. The van der Waals surface area contributed by atoms with Crippen molar-refractivity contribution in [1.29, 1.82) is 0 Å². The first kappa shape index (κ1) is 14.4. The zero-order chi connectivity index (χ0) is 14.5. The fourth-order valence-corrected chi connectivity index (χ4v) is 1.54. The molecule has 100 valence electrons. The van der Waals surface area contributed by atoms with Crippen molar-refractivity contribution in [1.82, 2.24) is 0 Å². The van der Waals surface area contributed by atoms with E-state index in [-0.39, 0.29) is 0 Å². The Morgan fingerprint density at radius 3 is 1.10 bits per heavy atom. The molecular formula is C12H12B2N2O4. The molecule has 0 aliphatic rings. The van der Waals surface area contributed by atoms with Crippen LogP contribution in [0.25, 0.3) is 0 Å². The summed E-state index contributed by atoms with van der Waals surface area (Å²) in [5, 5.41) is 43.8. The molecule has 6 nitrogen and oxygen atoms in total. The highest BCUT2D eigenvalue weighted by molar-refractivity contribution is 6.58. The molecule has 0 saturated heterocycles. The molecule has 0 aliphatic carbocycles. The van der Waals surface area contributed by atoms with Gasteiger partial charge in [0.15, 0.2) is 0 Å². The van der Waals surface area contributed by atoms with Crippen LogP contribution in [-0.2, 0) is 0 Å². The Labute approximate surface area is 116 Å². The Morgan fingerprint density at radius 2 is 0.850 bits per heavy atom. The maximum absolute atomic E-state index is 8.95. The van der Waals surface area contributed by atoms with Crippen molar-refractivity contribution in [3.05, 3.63) is 48.5 Å². The molecule has 0 unspecified atom stereocenters. The molecule has 2 aromatic rings. The minimum atomic E-state index is -1.50. The summed E-state index contributed by atoms with van der Waals surface area (Å²) in [6.07, 6.45) is 0. The molecule has 0 saturated carbocycles. The van der Waals surface area contributed by atoms with Gasteiger partial charge in [-0.15, -0.1) is 0 Å². The monoisotopic (exact) mass is 270 g/mol. The molecule has 4 N–H and O–H groups in total. The number of hydrogen-bond acceptors (Lipinski definition) is 6. The summed E-state index contributed by atoms with van der Waals surface area (Å²) in [4.78, 5) is 0. The second-order valence-corrected chi connectivity index (χ2v) is 4.13. The second-order valence-electron chi connectivity index (χ2n) is 4.13. The predicted octanol–water partition coefficient (Wildman–Crippen LogP) is -0.538. The van der Waals surface area contributed by atoms with Gasteiger partial charge in [-0.3, -0.25) is 0 Å². The summed E-state index contributed by atoms with van der Waals surface area (Å²) in [6, 6.07) is 12.6. The van der Waals surface area contributed by atoms with Crippen LogP contribution in [-0.4, -0.2) is 34.3 Å². The smallest absolute Gasteiger partial charge is 0.423 e. The highest BCUT2D eigenvalue weighted by atomic mass is 16.4. The summed E-state index contributed by atoms with van der Waals surface area (Å²) in [5.74, 6) is 0. The largest absolute Gasteiger partial charge is 0.488 e. The highest BCUT2D eigenvalue weighted by Gasteiger charge is 2.10. The molecule has 0 aromatic heterocycles. The zero-order valence-electron chi connectivity index (χ0n) is 10.5. The zero-order valence-corrected chi connectivity index (χ0v) is 10.5. The Bertz CT molecular complexity index is 532. The lowest BCUT2D eigenvalue weighted by Gasteiger charge is -2.00. The van der Waals surface area contributed by atoms with Crippen LogP contribution in [0.5, 0.6) is 0 Å². The maximum Gasteiger partial charge on any atom is 0.488 e. The van der Waals surface area contributed by atoms with E-state index in [9.17, 15) is 0 Å². The molecule has 0 radical (unpaired) electrons. The highest BCUT2D eigenvalue weighted by Crippen LogP contribution is 2.16. The van der Waals surface area contributed by atoms with E-state index < -0.39 is 14.2 Å². The van der Waals surface area contributed by atoms with E-state index in [4.69, 9.17) is 20.1 Å². The average Bonchev–Trinajstić information content (AvgIpc) is 2.46. The van der Waals surface area contributed by atoms with Crippen LogP contribution in [0, 0.1) is 0 Å². The van der Waals surface area contributed by atoms with Gasteiger partial charge in [0.2, 0.25) is 0 Å². The number of rotatable bonds is 4. The summed E-state index contributed by atoms with van der Waals surface area (Å²) >= 11 is 0. The molecule has 0 heterocycles. The van der Waals surface area contributed by atoms with Gasteiger partial charge in [0, 0.05) is 0 Å². The molecule has 0 spiro atoms. The summed E-state index contributed by atoms with van der Waals surface area (Å²) < 4.78 is 0. The summed E-state index contributed by atoms with van der Waals surface area (Å²) in [5.41, 5.74) is 1.90. The molecule has 20 heavy (non-hydrogen) atoms. The van der Waals surface area contributed by atoms with Crippen LogP contribution in [0.4, 0.5) is 11.4 Å². The van der Waals surface area contributed by atoms with Crippen LogP contribution in [0.2, 0.25) is 0 Å². The average molecular weight is 270 g/mol. The molecule has 2 rings (SSSR count). The quantitative estimate of drug-likeness (QED) is 0.442. The van der Waals surface area contributed by atoms with Crippen molar-refractivity contribution in [2.24, 2.45) is 10.2 Å². The Hall–Kier alpha value is -1.99. The van der Waals surface area contributed by atoms with Gasteiger partial charge in [0.1, 0.15) is 0 Å². The number of azo groups is 1. The Morgan fingerprint density at radius 1 is 0.550 bits per heavy atom. The van der Waals surface area contributed by atoms with Gasteiger partial charge in [0.05, 0.1) is 11.4 Å². The van der Waals surface area contributed by atoms with Gasteiger partial charge in [-0.2, -0.15) is 10.2 Å². The molecule has 2 aromatic carbocycles. The third kappa shape index (κ3) is 3.75. The first-order chi connectivity index (χ1) is 9.56. The van der Waals surface area contributed by atoms with E-state index in [2.05, 4.69) is 10.2 Å². The predicted molar refractivity (Wildman–Crippen MR) is 76.7 cm³/mol. The molecule has 0 aliphatic heterocycles. The van der Waals surface area contributed by atoms with E-state index in [1.807, 2.05) is 0 Å². The first-order valence-corrected chi connectivity index (χ1v) is 5.90. The third-order valence-corrected chi connectivity index (χ3v) is 2.66. The molecule has 0 atom stereocenters. The summed E-state index contributed by atoms with van der Waals surface area (Å²) in [7, 11) is -3.00. The van der Waals surface area contributed by atoms with E-state index in [1.54, 1.807) is 48.5 Å². The van der Waals surface area contributed by atoms with Gasteiger partial charge in [0.25, 0.3) is 0 Å². The van der Waals surface area contributed by atoms with Crippen molar-refractivity contribution >= 4 is 36.5 Å². The van der Waals surface area contributed by atoms with Gasteiger partial charge in [-0.25, -0.2) is 0 Å². The molecule has 0 fully saturated rings. The van der Waals surface area contributed by atoms with Crippen LogP contribution < -0.4 is 10.9 Å². The minimum Gasteiger partial charge on any atom is -0.423 e. The Kier molecular flexibility index (Phi) is 4.65. The number of nitrogens with zero attached hydrogens (tertiary/aromatic N) is 2. The fourth-order valence-electron chi connectivity index (χ4n) is 1.54. The van der Waals surface area contributed by atoms with Gasteiger partial charge >= 0.3 is 14.2 Å². The third-order valence-electron chi connectivity index (χ3n) is 2.66. The second kappa shape index (κ2) is 6.44. The molecule has 8 heteroatoms. The lowest BCUT2D eigenvalue weighted by atomic mass is 9.80. The molecular weight excluding hydrogens is 258 g/mol. The van der Waals surface area contributed by atoms with Crippen LogP contribution >= 0.6 is 0 Å². The SMILES string of the molecule is OB(O)c1ccc(N=Nc2ccc(B(O)O)cc2)cc1. The topological polar surface area (TPSA) is 106 Å². The van der Waals surface area contributed by atoms with E-state index in [0.717, 1.165) is 0 Å².